The molecule has 0 aromatic carbocycles. The summed E-state index contributed by atoms with van der Waals surface area (Å²) in [7, 11) is 0. The number of nitrogens with zero attached hydrogens (tertiary/aromatic N) is 1. The zero-order chi connectivity index (χ0) is 13.0. The minimum Gasteiger partial charge on any atom is -0.393 e. The molecule has 102 valence electrons. The summed E-state index contributed by atoms with van der Waals surface area (Å²) in [6.07, 6.45) is 11.6. The van der Waals surface area contributed by atoms with Crippen LogP contribution in [0.2, 0.25) is 0 Å². The Bertz CT molecular complexity index is 297. The van der Waals surface area contributed by atoms with Crippen molar-refractivity contribution in [1.29, 1.82) is 5.26 Å². The van der Waals surface area contributed by atoms with Crippen molar-refractivity contribution in [3.05, 3.63) is 0 Å². The fourth-order valence-corrected chi connectivity index (χ4v) is 3.91. The molecule has 0 spiro atoms. The minimum absolute atomic E-state index is 0.0792. The Morgan fingerprint density at radius 3 is 2.67 bits per heavy atom. The van der Waals surface area contributed by atoms with Crippen molar-refractivity contribution < 1.29 is 5.11 Å². The highest BCUT2D eigenvalue weighted by Gasteiger charge is 2.41. The number of hydrogen-bond acceptors (Lipinski definition) is 2. The molecule has 0 radical (unpaired) electrons. The Morgan fingerprint density at radius 1 is 1.39 bits per heavy atom. The first-order chi connectivity index (χ1) is 8.70. The van der Waals surface area contributed by atoms with Gasteiger partial charge < -0.3 is 5.11 Å². The van der Waals surface area contributed by atoms with Crippen LogP contribution in [-0.4, -0.2) is 11.2 Å². The predicted molar refractivity (Wildman–Crippen MR) is 72.9 cm³/mol. The van der Waals surface area contributed by atoms with E-state index in [0.29, 0.717) is 5.92 Å². The molecule has 2 nitrogen and oxygen atoms in total. The molecule has 0 saturated heterocycles. The van der Waals surface area contributed by atoms with Crippen molar-refractivity contribution in [3.63, 3.8) is 0 Å². The second-order valence-electron chi connectivity index (χ2n) is 6.52. The molecule has 2 aliphatic carbocycles. The van der Waals surface area contributed by atoms with Crippen LogP contribution in [0.25, 0.3) is 0 Å². The summed E-state index contributed by atoms with van der Waals surface area (Å²) in [6, 6.07) is 2.40. The Hall–Kier alpha value is -0.550. The van der Waals surface area contributed by atoms with Gasteiger partial charge in [0.15, 0.2) is 0 Å². The zero-order valence-electron chi connectivity index (χ0n) is 11.7. The van der Waals surface area contributed by atoms with Crippen LogP contribution in [0.15, 0.2) is 0 Å². The molecule has 0 aromatic rings. The summed E-state index contributed by atoms with van der Waals surface area (Å²) in [5, 5.41) is 19.2. The van der Waals surface area contributed by atoms with Crippen molar-refractivity contribution >= 4 is 0 Å². The number of aliphatic hydroxyl groups excluding tert-OH is 1. The van der Waals surface area contributed by atoms with E-state index in [9.17, 15) is 5.11 Å². The van der Waals surface area contributed by atoms with Gasteiger partial charge in [-0.15, -0.1) is 0 Å². The Balaban J connectivity index is 1.65. The lowest BCUT2D eigenvalue weighted by molar-refractivity contribution is -0.0435. The first-order valence-electron chi connectivity index (χ1n) is 7.78. The molecule has 0 amide bonds. The van der Waals surface area contributed by atoms with Gasteiger partial charge in [0.25, 0.3) is 0 Å². The minimum atomic E-state index is -0.0792. The lowest BCUT2D eigenvalue weighted by Gasteiger charge is -2.45. The summed E-state index contributed by atoms with van der Waals surface area (Å²) in [6.45, 7) is 2.22. The SMILES string of the molecule is CCC1(C(O)CCCC2CC[C@@H](C#N)C2)CCC1. The average molecular weight is 249 g/mol. The van der Waals surface area contributed by atoms with Crippen molar-refractivity contribution in [1.82, 2.24) is 0 Å². The first kappa shape index (κ1) is 13.9. The van der Waals surface area contributed by atoms with Crippen molar-refractivity contribution in [3.8, 4) is 6.07 Å². The molecule has 1 N–H and O–H groups in total. The predicted octanol–water partition coefficient (Wildman–Crippen LogP) is 4.04. The molecule has 0 aliphatic heterocycles. The highest BCUT2D eigenvalue weighted by atomic mass is 16.3. The first-order valence-corrected chi connectivity index (χ1v) is 7.78. The van der Waals surface area contributed by atoms with E-state index in [-0.39, 0.29) is 11.5 Å². The number of rotatable bonds is 6. The van der Waals surface area contributed by atoms with E-state index in [1.807, 2.05) is 0 Å². The smallest absolute Gasteiger partial charge is 0.0655 e. The van der Waals surface area contributed by atoms with E-state index < -0.39 is 0 Å². The van der Waals surface area contributed by atoms with Gasteiger partial charge in [-0.1, -0.05) is 26.2 Å². The second-order valence-corrected chi connectivity index (χ2v) is 6.52. The third-order valence-electron chi connectivity index (χ3n) is 5.57. The monoisotopic (exact) mass is 249 g/mol. The molecule has 0 heterocycles. The van der Waals surface area contributed by atoms with Crippen molar-refractivity contribution in [2.75, 3.05) is 0 Å². The number of nitriles is 1. The maximum Gasteiger partial charge on any atom is 0.0655 e. The molecule has 18 heavy (non-hydrogen) atoms. The van der Waals surface area contributed by atoms with E-state index in [0.717, 1.165) is 38.0 Å². The summed E-state index contributed by atoms with van der Waals surface area (Å²) in [5.74, 6) is 1.06. The topological polar surface area (TPSA) is 44.0 Å². The normalized spacial score (nSPS) is 31.6. The van der Waals surface area contributed by atoms with E-state index in [1.54, 1.807) is 0 Å². The quantitative estimate of drug-likeness (QED) is 0.772. The summed E-state index contributed by atoms with van der Waals surface area (Å²) in [4.78, 5) is 0. The molecular weight excluding hydrogens is 222 g/mol. The van der Waals surface area contributed by atoms with Gasteiger partial charge in [-0.25, -0.2) is 0 Å². The second kappa shape index (κ2) is 6.06. The lowest BCUT2D eigenvalue weighted by atomic mass is 9.62. The van der Waals surface area contributed by atoms with Crippen LogP contribution in [0, 0.1) is 28.6 Å². The summed E-state index contributed by atoms with van der Waals surface area (Å²) in [5.41, 5.74) is 0.269. The molecule has 2 aliphatic rings. The van der Waals surface area contributed by atoms with Crippen LogP contribution in [-0.2, 0) is 0 Å². The lowest BCUT2D eigenvalue weighted by Crippen LogP contribution is -2.40. The summed E-state index contributed by atoms with van der Waals surface area (Å²) >= 11 is 0. The molecule has 2 rings (SSSR count). The fourth-order valence-electron chi connectivity index (χ4n) is 3.91. The fraction of sp³-hybridized carbons (Fsp3) is 0.938. The van der Waals surface area contributed by atoms with Crippen LogP contribution in [0.3, 0.4) is 0 Å². The van der Waals surface area contributed by atoms with E-state index in [1.165, 1.54) is 32.1 Å². The van der Waals surface area contributed by atoms with E-state index >= 15 is 0 Å². The summed E-state index contributed by atoms with van der Waals surface area (Å²) < 4.78 is 0. The Morgan fingerprint density at radius 2 is 2.17 bits per heavy atom. The molecule has 2 heteroatoms. The molecule has 2 unspecified atom stereocenters. The maximum absolute atomic E-state index is 10.3. The van der Waals surface area contributed by atoms with Gasteiger partial charge in [0.2, 0.25) is 0 Å². The molecule has 3 atom stereocenters. The van der Waals surface area contributed by atoms with Gasteiger partial charge in [-0.3, -0.25) is 0 Å². The van der Waals surface area contributed by atoms with Crippen molar-refractivity contribution in [2.24, 2.45) is 17.3 Å². The van der Waals surface area contributed by atoms with Crippen molar-refractivity contribution in [2.45, 2.75) is 77.2 Å². The largest absolute Gasteiger partial charge is 0.393 e. The third kappa shape index (κ3) is 2.88. The Kier molecular flexibility index (Phi) is 4.67. The average Bonchev–Trinajstić information content (AvgIpc) is 2.76. The van der Waals surface area contributed by atoms with Crippen LogP contribution < -0.4 is 0 Å². The van der Waals surface area contributed by atoms with Gasteiger partial charge in [0, 0.05) is 5.92 Å². The van der Waals surface area contributed by atoms with Gasteiger partial charge in [-0.2, -0.15) is 5.26 Å². The molecule has 0 aromatic heterocycles. The molecule has 2 fully saturated rings. The van der Waals surface area contributed by atoms with Crippen LogP contribution in [0.4, 0.5) is 0 Å². The number of aliphatic hydroxyl groups is 1. The van der Waals surface area contributed by atoms with Gasteiger partial charge in [-0.05, 0) is 56.3 Å². The molecule has 2 saturated carbocycles. The Labute approximate surface area is 111 Å². The number of hydrogen-bond donors (Lipinski definition) is 1. The van der Waals surface area contributed by atoms with Crippen LogP contribution in [0.1, 0.15) is 71.1 Å². The van der Waals surface area contributed by atoms with Crippen LogP contribution >= 0.6 is 0 Å². The van der Waals surface area contributed by atoms with Gasteiger partial charge >= 0.3 is 0 Å². The van der Waals surface area contributed by atoms with Gasteiger partial charge in [0.1, 0.15) is 0 Å². The molecule has 0 bridgehead atoms. The third-order valence-corrected chi connectivity index (χ3v) is 5.57. The van der Waals surface area contributed by atoms with E-state index in [4.69, 9.17) is 5.26 Å². The van der Waals surface area contributed by atoms with Gasteiger partial charge in [0.05, 0.1) is 12.2 Å². The van der Waals surface area contributed by atoms with E-state index in [2.05, 4.69) is 13.0 Å². The highest BCUT2D eigenvalue weighted by molar-refractivity contribution is 4.93. The standard InChI is InChI=1S/C16H27NO/c1-2-16(9-4-10-16)15(18)6-3-5-13-7-8-14(11-13)12-17/h13-15,18H,2-11H2,1H3/t13?,14-,15?/m1/s1. The highest BCUT2D eigenvalue weighted by Crippen LogP contribution is 2.48. The maximum atomic E-state index is 10.3. The van der Waals surface area contributed by atoms with Crippen LogP contribution in [0.5, 0.6) is 0 Å². The molecular formula is C16H27NO. The zero-order valence-corrected chi connectivity index (χ0v) is 11.7.